The molecule has 2 aliphatic rings. The van der Waals surface area contributed by atoms with Gasteiger partial charge in [0.15, 0.2) is 0 Å². The maximum absolute atomic E-state index is 13.3. The van der Waals surface area contributed by atoms with Crippen molar-refractivity contribution in [2.45, 2.75) is 11.3 Å². The molecule has 3 amide bonds. The molecule has 1 unspecified atom stereocenters. The zero-order valence-electron chi connectivity index (χ0n) is 17.6. The van der Waals surface area contributed by atoms with Crippen LogP contribution in [0, 0.1) is 11.7 Å². The van der Waals surface area contributed by atoms with Crippen LogP contribution in [0.15, 0.2) is 47.4 Å². The Morgan fingerprint density at radius 1 is 1.03 bits per heavy atom. The van der Waals surface area contributed by atoms with Gasteiger partial charge in [0.1, 0.15) is 5.82 Å². The summed E-state index contributed by atoms with van der Waals surface area (Å²) in [5.74, 6) is -1.29. The lowest BCUT2D eigenvalue weighted by Gasteiger charge is -2.36. The number of anilines is 1. The summed E-state index contributed by atoms with van der Waals surface area (Å²) in [6.45, 7) is 1.85. The number of amides is 3. The van der Waals surface area contributed by atoms with Gasteiger partial charge in [0, 0.05) is 49.7 Å². The van der Waals surface area contributed by atoms with Crippen molar-refractivity contribution in [1.29, 1.82) is 0 Å². The van der Waals surface area contributed by atoms with E-state index in [1.165, 1.54) is 12.1 Å². The van der Waals surface area contributed by atoms with Crippen molar-refractivity contribution in [3.8, 4) is 0 Å². The summed E-state index contributed by atoms with van der Waals surface area (Å²) in [4.78, 5) is 44.4. The molecule has 2 aromatic rings. The van der Waals surface area contributed by atoms with Crippen molar-refractivity contribution in [3.05, 3.63) is 58.9 Å². The molecule has 0 aromatic heterocycles. The van der Waals surface area contributed by atoms with Crippen LogP contribution in [0.2, 0.25) is 5.02 Å². The number of hydrogen-bond donors (Lipinski definition) is 0. The van der Waals surface area contributed by atoms with Crippen molar-refractivity contribution in [2.24, 2.45) is 5.92 Å². The van der Waals surface area contributed by atoms with E-state index >= 15 is 0 Å². The topological polar surface area (TPSA) is 60.9 Å². The second-order valence-electron chi connectivity index (χ2n) is 7.85. The minimum Gasteiger partial charge on any atom is -0.339 e. The third kappa shape index (κ3) is 4.61. The van der Waals surface area contributed by atoms with E-state index in [0.29, 0.717) is 32.7 Å². The molecular weight excluding hydrogens is 453 g/mol. The minimum absolute atomic E-state index is 0.0555. The Kier molecular flexibility index (Phi) is 6.71. The van der Waals surface area contributed by atoms with Crippen LogP contribution in [0.5, 0.6) is 0 Å². The van der Waals surface area contributed by atoms with E-state index in [2.05, 4.69) is 0 Å². The molecule has 0 aliphatic carbocycles. The fourth-order valence-corrected chi connectivity index (χ4v) is 4.76. The zero-order valence-corrected chi connectivity index (χ0v) is 19.2. The number of hydrogen-bond acceptors (Lipinski definition) is 4. The Bertz CT molecular complexity index is 1040. The Morgan fingerprint density at radius 3 is 2.31 bits per heavy atom. The lowest BCUT2D eigenvalue weighted by molar-refractivity contribution is -0.137. The van der Waals surface area contributed by atoms with Gasteiger partial charge in [0.25, 0.3) is 5.91 Å². The normalized spacial score (nSPS) is 18.9. The number of carbonyl (C=O) groups excluding carboxylic acids is 3. The number of nitrogens with zero attached hydrogens (tertiary/aromatic N) is 3. The first kappa shape index (κ1) is 22.6. The first-order valence-corrected chi connectivity index (χ1v) is 11.9. The quantitative estimate of drug-likeness (QED) is 0.635. The maximum Gasteiger partial charge on any atom is 0.255 e. The van der Waals surface area contributed by atoms with Crippen LogP contribution in [0.1, 0.15) is 16.8 Å². The van der Waals surface area contributed by atoms with E-state index in [9.17, 15) is 18.8 Å². The highest BCUT2D eigenvalue weighted by molar-refractivity contribution is 7.98. The molecule has 0 saturated carbocycles. The van der Waals surface area contributed by atoms with Crippen LogP contribution in [-0.2, 0) is 9.59 Å². The molecule has 0 spiro atoms. The van der Waals surface area contributed by atoms with Gasteiger partial charge in [0.05, 0.1) is 16.5 Å². The fraction of sp³-hybridized carbons (Fsp3) is 0.348. The van der Waals surface area contributed by atoms with E-state index < -0.39 is 11.7 Å². The molecule has 2 aromatic carbocycles. The summed E-state index contributed by atoms with van der Waals surface area (Å²) in [6, 6.07) is 11.4. The molecule has 4 rings (SSSR count). The van der Waals surface area contributed by atoms with Gasteiger partial charge in [-0.05, 0) is 48.7 Å². The largest absolute Gasteiger partial charge is 0.339 e. The molecule has 6 nitrogen and oxygen atoms in total. The number of benzene rings is 2. The highest BCUT2D eigenvalue weighted by atomic mass is 35.5. The predicted molar refractivity (Wildman–Crippen MR) is 123 cm³/mol. The third-order valence-corrected chi connectivity index (χ3v) is 6.95. The Labute approximate surface area is 195 Å². The zero-order chi connectivity index (χ0) is 22.8. The molecule has 0 radical (unpaired) electrons. The summed E-state index contributed by atoms with van der Waals surface area (Å²) >= 11 is 7.64. The van der Waals surface area contributed by atoms with Crippen molar-refractivity contribution in [3.63, 3.8) is 0 Å². The molecule has 168 valence electrons. The van der Waals surface area contributed by atoms with Crippen LogP contribution < -0.4 is 4.90 Å². The Morgan fingerprint density at radius 2 is 1.69 bits per heavy atom. The smallest absolute Gasteiger partial charge is 0.255 e. The van der Waals surface area contributed by atoms with Crippen LogP contribution in [-0.4, -0.2) is 66.5 Å². The number of halogens is 2. The van der Waals surface area contributed by atoms with Crippen molar-refractivity contribution in [1.82, 2.24) is 9.80 Å². The monoisotopic (exact) mass is 475 g/mol. The van der Waals surface area contributed by atoms with Crippen molar-refractivity contribution >= 4 is 46.8 Å². The van der Waals surface area contributed by atoms with Gasteiger partial charge >= 0.3 is 0 Å². The van der Waals surface area contributed by atoms with E-state index in [0.717, 1.165) is 16.6 Å². The number of carbonyl (C=O) groups is 3. The number of piperazine rings is 1. The van der Waals surface area contributed by atoms with Gasteiger partial charge in [-0.15, -0.1) is 11.8 Å². The summed E-state index contributed by atoms with van der Waals surface area (Å²) in [7, 11) is 0. The lowest BCUT2D eigenvalue weighted by atomic mass is 10.1. The highest BCUT2D eigenvalue weighted by Gasteiger charge is 2.38. The second-order valence-corrected chi connectivity index (χ2v) is 9.13. The van der Waals surface area contributed by atoms with E-state index in [4.69, 9.17) is 11.6 Å². The molecule has 0 bridgehead atoms. The standard InChI is InChI=1S/C23H23ClFN3O3S/c1-32-18-5-3-17(4-6-18)28-14-15(12-21(28)29)22(30)26-8-10-27(11-9-26)23(31)19-7-2-16(25)13-20(19)24/h2-7,13,15H,8-12,14H2,1H3. The average molecular weight is 476 g/mol. The summed E-state index contributed by atoms with van der Waals surface area (Å²) in [6.07, 6.45) is 2.18. The van der Waals surface area contributed by atoms with E-state index in [1.807, 2.05) is 30.5 Å². The lowest BCUT2D eigenvalue weighted by Crippen LogP contribution is -2.52. The first-order valence-electron chi connectivity index (χ1n) is 10.3. The average Bonchev–Trinajstić information content (AvgIpc) is 3.20. The minimum atomic E-state index is -0.498. The molecular formula is C23H23ClFN3O3S. The van der Waals surface area contributed by atoms with Crippen molar-refractivity contribution < 1.29 is 18.8 Å². The maximum atomic E-state index is 13.3. The molecule has 2 saturated heterocycles. The Balaban J connectivity index is 1.35. The van der Waals surface area contributed by atoms with Gasteiger partial charge in [-0.25, -0.2) is 4.39 Å². The molecule has 2 aliphatic heterocycles. The van der Waals surface area contributed by atoms with Crippen LogP contribution in [0.3, 0.4) is 0 Å². The van der Waals surface area contributed by atoms with Gasteiger partial charge in [0.2, 0.25) is 11.8 Å². The van der Waals surface area contributed by atoms with Crippen LogP contribution in [0.25, 0.3) is 0 Å². The Hall–Kier alpha value is -2.58. The van der Waals surface area contributed by atoms with Crippen LogP contribution >= 0.6 is 23.4 Å². The summed E-state index contributed by atoms with van der Waals surface area (Å²) in [5.41, 5.74) is 1.05. The molecule has 2 fully saturated rings. The van der Waals surface area contributed by atoms with E-state index in [1.54, 1.807) is 26.5 Å². The summed E-state index contributed by atoms with van der Waals surface area (Å²) < 4.78 is 13.3. The van der Waals surface area contributed by atoms with Gasteiger partial charge in [-0.1, -0.05) is 11.6 Å². The first-order chi connectivity index (χ1) is 15.4. The second kappa shape index (κ2) is 9.50. The van der Waals surface area contributed by atoms with Gasteiger partial charge in [-0.2, -0.15) is 0 Å². The molecule has 0 N–H and O–H groups in total. The summed E-state index contributed by atoms with van der Waals surface area (Å²) in [5, 5.41) is 0.0728. The molecule has 1 atom stereocenters. The third-order valence-electron chi connectivity index (χ3n) is 5.90. The molecule has 2 heterocycles. The van der Waals surface area contributed by atoms with Gasteiger partial charge in [-0.3, -0.25) is 14.4 Å². The predicted octanol–water partition coefficient (Wildman–Crippen LogP) is 3.54. The SMILES string of the molecule is CSc1ccc(N2CC(C(=O)N3CCN(C(=O)c4ccc(F)cc4Cl)CC3)CC2=O)cc1. The molecule has 9 heteroatoms. The number of thioether (sulfide) groups is 1. The van der Waals surface area contributed by atoms with Gasteiger partial charge < -0.3 is 14.7 Å². The fourth-order valence-electron chi connectivity index (χ4n) is 4.11. The van der Waals surface area contributed by atoms with E-state index in [-0.39, 0.29) is 34.7 Å². The van der Waals surface area contributed by atoms with Crippen LogP contribution in [0.4, 0.5) is 10.1 Å². The number of rotatable bonds is 4. The molecule has 32 heavy (non-hydrogen) atoms. The van der Waals surface area contributed by atoms with Crippen molar-refractivity contribution in [2.75, 3.05) is 43.9 Å². The highest BCUT2D eigenvalue weighted by Crippen LogP contribution is 2.28.